The van der Waals surface area contributed by atoms with Crippen LogP contribution in [0.15, 0.2) is 82.6 Å². The van der Waals surface area contributed by atoms with Gasteiger partial charge in [0.05, 0.1) is 17.1 Å². The zero-order valence-corrected chi connectivity index (χ0v) is 22.7. The summed E-state index contributed by atoms with van der Waals surface area (Å²) in [6.45, 7) is 5.77. The van der Waals surface area contributed by atoms with Crippen LogP contribution < -0.4 is 10.2 Å². The van der Waals surface area contributed by atoms with Crippen molar-refractivity contribution in [2.24, 2.45) is 0 Å². The van der Waals surface area contributed by atoms with Gasteiger partial charge in [-0.3, -0.25) is 4.79 Å². The summed E-state index contributed by atoms with van der Waals surface area (Å²) in [6, 6.07) is 22.7. The minimum atomic E-state index is -0.274. The van der Waals surface area contributed by atoms with Crippen molar-refractivity contribution in [2.45, 2.75) is 50.1 Å². The van der Waals surface area contributed by atoms with Gasteiger partial charge in [0.15, 0.2) is 0 Å². The van der Waals surface area contributed by atoms with Gasteiger partial charge >= 0.3 is 0 Å². The number of likely N-dealkylation sites (tertiary alicyclic amines) is 1. The maximum absolute atomic E-state index is 13.7. The SMILES string of the molecule is O=C1C(=Cc2ccccc2)Sc2ccc(CNCCCN3CCCCCC3)cc2N1Cc1ccc(F)cc1. The summed E-state index contributed by atoms with van der Waals surface area (Å²) in [5.74, 6) is -0.304. The molecule has 6 heteroatoms. The van der Waals surface area contributed by atoms with Crippen molar-refractivity contribution in [2.75, 3.05) is 31.1 Å². The van der Waals surface area contributed by atoms with E-state index in [0.29, 0.717) is 11.4 Å². The van der Waals surface area contributed by atoms with E-state index in [2.05, 4.69) is 28.4 Å². The van der Waals surface area contributed by atoms with E-state index in [4.69, 9.17) is 0 Å². The number of nitrogens with one attached hydrogen (secondary N) is 1. The van der Waals surface area contributed by atoms with Crippen molar-refractivity contribution in [1.82, 2.24) is 10.2 Å². The van der Waals surface area contributed by atoms with Crippen molar-refractivity contribution >= 4 is 29.4 Å². The number of hydrogen-bond donors (Lipinski definition) is 1. The zero-order chi connectivity index (χ0) is 26.2. The Hall–Kier alpha value is -2.93. The molecular weight excluding hydrogens is 493 g/mol. The van der Waals surface area contributed by atoms with Crippen LogP contribution in [0, 0.1) is 5.82 Å². The Morgan fingerprint density at radius 3 is 2.39 bits per heavy atom. The average molecular weight is 530 g/mol. The van der Waals surface area contributed by atoms with Crippen LogP contribution in [0.2, 0.25) is 0 Å². The van der Waals surface area contributed by atoms with Crippen LogP contribution in [0.3, 0.4) is 0 Å². The third kappa shape index (κ3) is 7.13. The van der Waals surface area contributed by atoms with Gasteiger partial charge in [0.1, 0.15) is 5.82 Å². The molecular formula is C32H36FN3OS. The maximum Gasteiger partial charge on any atom is 0.265 e. The van der Waals surface area contributed by atoms with Gasteiger partial charge in [-0.1, -0.05) is 73.1 Å². The zero-order valence-electron chi connectivity index (χ0n) is 21.9. The first-order valence-electron chi connectivity index (χ1n) is 13.7. The van der Waals surface area contributed by atoms with E-state index >= 15 is 0 Å². The van der Waals surface area contributed by atoms with E-state index in [9.17, 15) is 9.18 Å². The lowest BCUT2D eigenvalue weighted by Gasteiger charge is -2.31. The third-order valence-corrected chi connectivity index (χ3v) is 8.27. The second-order valence-electron chi connectivity index (χ2n) is 10.1. The molecule has 2 aliphatic heterocycles. The molecule has 5 rings (SSSR count). The first-order valence-corrected chi connectivity index (χ1v) is 14.5. The summed E-state index contributed by atoms with van der Waals surface area (Å²) in [5, 5.41) is 3.60. The molecule has 0 aliphatic carbocycles. The molecule has 0 aromatic heterocycles. The summed E-state index contributed by atoms with van der Waals surface area (Å²) >= 11 is 1.52. The highest BCUT2D eigenvalue weighted by Gasteiger charge is 2.29. The van der Waals surface area contributed by atoms with Gasteiger partial charge in [-0.2, -0.15) is 0 Å². The quantitative estimate of drug-likeness (QED) is 0.243. The number of thioether (sulfide) groups is 1. The number of hydrogen-bond acceptors (Lipinski definition) is 4. The molecule has 2 aliphatic rings. The molecule has 38 heavy (non-hydrogen) atoms. The minimum Gasteiger partial charge on any atom is -0.313 e. The molecule has 0 radical (unpaired) electrons. The Labute approximate surface area is 229 Å². The van der Waals surface area contributed by atoms with Crippen LogP contribution in [-0.2, 0) is 17.9 Å². The highest BCUT2D eigenvalue weighted by molar-refractivity contribution is 8.04. The number of nitrogens with zero attached hydrogens (tertiary/aromatic N) is 2. The van der Waals surface area contributed by atoms with Crippen LogP contribution in [0.25, 0.3) is 6.08 Å². The van der Waals surface area contributed by atoms with Crippen molar-refractivity contribution in [3.63, 3.8) is 0 Å². The Balaban J connectivity index is 1.29. The van der Waals surface area contributed by atoms with Crippen LogP contribution in [-0.4, -0.2) is 37.0 Å². The normalized spacial score (nSPS) is 17.4. The number of halogens is 1. The van der Waals surface area contributed by atoms with Crippen molar-refractivity contribution < 1.29 is 9.18 Å². The summed E-state index contributed by atoms with van der Waals surface area (Å²) < 4.78 is 13.5. The van der Waals surface area contributed by atoms with Gasteiger partial charge in [-0.05, 0) is 92.5 Å². The van der Waals surface area contributed by atoms with Gasteiger partial charge in [0.2, 0.25) is 0 Å². The average Bonchev–Trinajstić information content (AvgIpc) is 3.21. The van der Waals surface area contributed by atoms with E-state index in [0.717, 1.165) is 53.3 Å². The van der Waals surface area contributed by atoms with E-state index in [-0.39, 0.29) is 11.7 Å². The van der Waals surface area contributed by atoms with Crippen LogP contribution in [0.5, 0.6) is 0 Å². The Kier molecular flexibility index (Phi) is 9.28. The van der Waals surface area contributed by atoms with Crippen molar-refractivity contribution in [3.05, 3.63) is 100 Å². The number of benzene rings is 3. The molecule has 0 spiro atoms. The van der Waals surface area contributed by atoms with Gasteiger partial charge < -0.3 is 15.1 Å². The monoisotopic (exact) mass is 529 g/mol. The summed E-state index contributed by atoms with van der Waals surface area (Å²) in [7, 11) is 0. The number of amides is 1. The van der Waals surface area contributed by atoms with E-state index in [1.54, 1.807) is 12.1 Å². The van der Waals surface area contributed by atoms with Crippen LogP contribution in [0.4, 0.5) is 10.1 Å². The number of anilines is 1. The van der Waals surface area contributed by atoms with Gasteiger partial charge in [0, 0.05) is 11.4 Å². The number of carbonyl (C=O) groups is 1. The maximum atomic E-state index is 13.7. The fraction of sp³-hybridized carbons (Fsp3) is 0.344. The van der Waals surface area contributed by atoms with Gasteiger partial charge in [-0.15, -0.1) is 0 Å². The van der Waals surface area contributed by atoms with E-state index in [1.807, 2.05) is 41.3 Å². The molecule has 0 bridgehead atoms. The summed E-state index contributed by atoms with van der Waals surface area (Å²) in [5.41, 5.74) is 3.97. The first-order chi connectivity index (χ1) is 18.7. The lowest BCUT2D eigenvalue weighted by atomic mass is 10.1. The molecule has 3 aromatic carbocycles. The molecule has 2 heterocycles. The fourth-order valence-corrected chi connectivity index (χ4v) is 6.16. The lowest BCUT2D eigenvalue weighted by Crippen LogP contribution is -2.34. The number of rotatable bonds is 9. The second kappa shape index (κ2) is 13.2. The summed E-state index contributed by atoms with van der Waals surface area (Å²) in [4.78, 5) is 19.9. The lowest BCUT2D eigenvalue weighted by molar-refractivity contribution is -0.114. The molecule has 1 saturated heterocycles. The Bertz CT molecular complexity index is 1240. The molecule has 0 saturated carbocycles. The molecule has 198 valence electrons. The highest BCUT2D eigenvalue weighted by Crippen LogP contribution is 2.43. The predicted octanol–water partition coefficient (Wildman–Crippen LogP) is 6.86. The van der Waals surface area contributed by atoms with E-state index in [1.165, 1.54) is 62.7 Å². The predicted molar refractivity (Wildman–Crippen MR) is 156 cm³/mol. The topological polar surface area (TPSA) is 35.6 Å². The molecule has 4 nitrogen and oxygen atoms in total. The number of carbonyl (C=O) groups excluding carboxylic acids is 1. The van der Waals surface area contributed by atoms with Crippen molar-refractivity contribution in [3.8, 4) is 0 Å². The Morgan fingerprint density at radius 2 is 1.63 bits per heavy atom. The second-order valence-corrected chi connectivity index (χ2v) is 11.2. The largest absolute Gasteiger partial charge is 0.313 e. The highest BCUT2D eigenvalue weighted by atomic mass is 32.2. The molecule has 0 atom stereocenters. The smallest absolute Gasteiger partial charge is 0.265 e. The van der Waals surface area contributed by atoms with Gasteiger partial charge in [0.25, 0.3) is 5.91 Å². The van der Waals surface area contributed by atoms with Crippen molar-refractivity contribution in [1.29, 1.82) is 0 Å². The molecule has 0 unspecified atom stereocenters. The molecule has 1 fully saturated rings. The summed E-state index contributed by atoms with van der Waals surface area (Å²) in [6.07, 6.45) is 8.49. The molecule has 1 N–H and O–H groups in total. The minimum absolute atomic E-state index is 0.0294. The number of fused-ring (bicyclic) bond motifs is 1. The first kappa shape index (κ1) is 26.7. The van der Waals surface area contributed by atoms with Crippen LogP contribution >= 0.6 is 11.8 Å². The van der Waals surface area contributed by atoms with Gasteiger partial charge in [-0.25, -0.2) is 4.39 Å². The molecule has 3 aromatic rings. The van der Waals surface area contributed by atoms with Crippen LogP contribution in [0.1, 0.15) is 48.8 Å². The van der Waals surface area contributed by atoms with E-state index < -0.39 is 0 Å². The third-order valence-electron chi connectivity index (χ3n) is 7.20. The fourth-order valence-electron chi connectivity index (χ4n) is 5.12. The molecule has 1 amide bonds. The Morgan fingerprint density at radius 1 is 0.895 bits per heavy atom. The standard InChI is InChI=1S/C32H36FN3OS/c33-28-14-11-26(12-15-28)24-36-29-21-27(23-34-17-8-20-35-18-6-1-2-7-19-35)13-16-30(29)38-31(32(36)37)22-25-9-4-3-5-10-25/h3-5,9-16,21-22,34H,1-2,6-8,17-20,23-24H2.